The van der Waals surface area contributed by atoms with Crippen molar-refractivity contribution in [1.29, 1.82) is 0 Å². The first-order valence-electron chi connectivity index (χ1n) is 4.43. The van der Waals surface area contributed by atoms with Crippen LogP contribution < -0.4 is 0 Å². The maximum Gasteiger partial charge on any atom is 0.363 e. The van der Waals surface area contributed by atoms with Crippen molar-refractivity contribution >= 4 is 17.9 Å². The number of benzene rings is 1. The van der Waals surface area contributed by atoms with Crippen molar-refractivity contribution in [3.05, 3.63) is 35.5 Å². The van der Waals surface area contributed by atoms with Crippen molar-refractivity contribution < 1.29 is 14.6 Å². The molecule has 1 aromatic carbocycles. The summed E-state index contributed by atoms with van der Waals surface area (Å²) in [7, 11) is 0. The second-order valence-electron chi connectivity index (χ2n) is 3.14. The Morgan fingerprint density at radius 3 is 2.87 bits per heavy atom. The monoisotopic (exact) mass is 203 g/mol. The number of esters is 1. The second kappa shape index (κ2) is 3.57. The number of hydrogen-bond acceptors (Lipinski definition) is 4. The zero-order valence-corrected chi connectivity index (χ0v) is 8.10. The van der Waals surface area contributed by atoms with E-state index >= 15 is 0 Å². The lowest BCUT2D eigenvalue weighted by Gasteiger charge is -1.95. The van der Waals surface area contributed by atoms with Crippen molar-refractivity contribution in [3.8, 4) is 5.75 Å². The van der Waals surface area contributed by atoms with Gasteiger partial charge in [0.25, 0.3) is 0 Å². The molecular formula is C11H9NO3. The van der Waals surface area contributed by atoms with Gasteiger partial charge in [0.15, 0.2) is 11.6 Å². The van der Waals surface area contributed by atoms with Gasteiger partial charge >= 0.3 is 5.97 Å². The molecule has 0 aromatic heterocycles. The van der Waals surface area contributed by atoms with Crippen LogP contribution in [0.1, 0.15) is 12.5 Å². The lowest BCUT2D eigenvalue weighted by Crippen LogP contribution is -1.99. The molecule has 15 heavy (non-hydrogen) atoms. The van der Waals surface area contributed by atoms with Crippen LogP contribution in [0.4, 0.5) is 0 Å². The van der Waals surface area contributed by atoms with E-state index < -0.39 is 5.97 Å². The van der Waals surface area contributed by atoms with Gasteiger partial charge in [0.2, 0.25) is 0 Å². The number of nitrogens with zero attached hydrogens (tertiary/aromatic N) is 1. The van der Waals surface area contributed by atoms with E-state index in [-0.39, 0.29) is 11.4 Å². The number of carbonyl (C=O) groups is 1. The molecule has 1 aliphatic rings. The summed E-state index contributed by atoms with van der Waals surface area (Å²) in [5, 5.41) is 9.22. The predicted octanol–water partition coefficient (Wildman–Crippen LogP) is 1.71. The average molecular weight is 203 g/mol. The van der Waals surface area contributed by atoms with Crippen molar-refractivity contribution in [2.45, 2.75) is 6.92 Å². The van der Waals surface area contributed by atoms with Crippen LogP contribution in [0.25, 0.3) is 6.08 Å². The highest BCUT2D eigenvalue weighted by Crippen LogP contribution is 2.18. The van der Waals surface area contributed by atoms with E-state index in [1.807, 2.05) is 0 Å². The van der Waals surface area contributed by atoms with Gasteiger partial charge in [-0.2, -0.15) is 0 Å². The fourth-order valence-corrected chi connectivity index (χ4v) is 1.29. The van der Waals surface area contributed by atoms with Gasteiger partial charge in [0.05, 0.1) is 0 Å². The summed E-state index contributed by atoms with van der Waals surface area (Å²) >= 11 is 0. The molecule has 0 aliphatic carbocycles. The first-order chi connectivity index (χ1) is 7.15. The van der Waals surface area contributed by atoms with Crippen LogP contribution in [-0.2, 0) is 9.53 Å². The summed E-state index contributed by atoms with van der Waals surface area (Å²) in [6.45, 7) is 1.61. The van der Waals surface area contributed by atoms with Crippen LogP contribution in [0.5, 0.6) is 5.75 Å². The van der Waals surface area contributed by atoms with Gasteiger partial charge in [-0.25, -0.2) is 9.79 Å². The lowest BCUT2D eigenvalue weighted by molar-refractivity contribution is -0.130. The molecule has 0 spiro atoms. The highest BCUT2D eigenvalue weighted by atomic mass is 16.6. The number of carbonyl (C=O) groups excluding carboxylic acids is 1. The topological polar surface area (TPSA) is 58.9 Å². The minimum absolute atomic E-state index is 0.149. The van der Waals surface area contributed by atoms with Gasteiger partial charge < -0.3 is 9.84 Å². The van der Waals surface area contributed by atoms with E-state index in [9.17, 15) is 9.90 Å². The largest absolute Gasteiger partial charge is 0.508 e. The molecule has 0 atom stereocenters. The Kier molecular flexibility index (Phi) is 2.25. The quantitative estimate of drug-likeness (QED) is 0.558. The van der Waals surface area contributed by atoms with E-state index in [1.54, 1.807) is 37.3 Å². The highest BCUT2D eigenvalue weighted by Gasteiger charge is 2.19. The molecule has 0 unspecified atom stereocenters. The first-order valence-corrected chi connectivity index (χ1v) is 4.43. The summed E-state index contributed by atoms with van der Waals surface area (Å²) in [4.78, 5) is 15.1. The summed E-state index contributed by atoms with van der Waals surface area (Å²) in [6, 6.07) is 6.56. The van der Waals surface area contributed by atoms with Crippen molar-refractivity contribution in [2.75, 3.05) is 0 Å². The number of phenolic OH excluding ortho intramolecular Hbond substituents is 1. The predicted molar refractivity (Wildman–Crippen MR) is 55.3 cm³/mol. The fourth-order valence-electron chi connectivity index (χ4n) is 1.29. The number of cyclic esters (lactones) is 1. The van der Waals surface area contributed by atoms with Gasteiger partial charge in [-0.1, -0.05) is 12.1 Å². The number of hydrogen-bond donors (Lipinski definition) is 1. The molecular weight excluding hydrogens is 194 g/mol. The van der Waals surface area contributed by atoms with E-state index in [1.165, 1.54) is 0 Å². The van der Waals surface area contributed by atoms with E-state index in [4.69, 9.17) is 4.74 Å². The third-order valence-electron chi connectivity index (χ3n) is 1.90. The Bertz CT molecular complexity index is 474. The summed E-state index contributed by atoms with van der Waals surface area (Å²) in [6.07, 6.45) is 1.57. The third-order valence-corrected chi connectivity index (χ3v) is 1.90. The minimum Gasteiger partial charge on any atom is -0.508 e. The maximum absolute atomic E-state index is 11.2. The van der Waals surface area contributed by atoms with Crippen LogP contribution in [0.2, 0.25) is 0 Å². The molecule has 1 aromatic rings. The third kappa shape index (κ3) is 2.04. The fraction of sp³-hybridized carbons (Fsp3) is 0.0909. The molecule has 1 heterocycles. The Morgan fingerprint density at radius 2 is 2.27 bits per heavy atom. The van der Waals surface area contributed by atoms with E-state index in [0.29, 0.717) is 11.5 Å². The van der Waals surface area contributed by atoms with Gasteiger partial charge in [-0.3, -0.25) is 0 Å². The molecule has 0 amide bonds. The molecule has 4 heteroatoms. The highest BCUT2D eigenvalue weighted by molar-refractivity contribution is 6.06. The molecule has 0 fully saturated rings. The first kappa shape index (κ1) is 9.45. The second-order valence-corrected chi connectivity index (χ2v) is 3.14. The number of aliphatic imine (C=N–C) groups is 1. The number of phenols is 1. The molecule has 0 bridgehead atoms. The minimum atomic E-state index is -0.462. The molecule has 1 aliphatic heterocycles. The Hall–Kier alpha value is -2.10. The number of rotatable bonds is 1. The van der Waals surface area contributed by atoms with Crippen molar-refractivity contribution in [2.24, 2.45) is 4.99 Å². The van der Waals surface area contributed by atoms with Gasteiger partial charge in [0.1, 0.15) is 5.75 Å². The molecule has 0 radical (unpaired) electrons. The Labute approximate surface area is 86.5 Å². The zero-order chi connectivity index (χ0) is 10.8. The van der Waals surface area contributed by atoms with Crippen LogP contribution in [0.3, 0.4) is 0 Å². The summed E-state index contributed by atoms with van der Waals surface area (Å²) in [5.74, 6) is 0.0265. The molecule has 0 saturated carbocycles. The smallest absolute Gasteiger partial charge is 0.363 e. The van der Waals surface area contributed by atoms with Gasteiger partial charge in [0, 0.05) is 6.92 Å². The standard InChI is InChI=1S/C11H9NO3/c1-7-12-10(11(14)15-7)6-8-3-2-4-9(13)5-8/h2-6,13H,1H3/b10-6-. The normalized spacial score (nSPS) is 17.8. The number of aromatic hydroxyl groups is 1. The average Bonchev–Trinajstić information content (AvgIpc) is 2.45. The SMILES string of the molecule is CC1=N/C(=C\c2cccc(O)c2)C(=O)O1. The van der Waals surface area contributed by atoms with Crippen molar-refractivity contribution in [3.63, 3.8) is 0 Å². The van der Waals surface area contributed by atoms with Crippen LogP contribution in [0.15, 0.2) is 35.0 Å². The summed E-state index contributed by atoms with van der Waals surface area (Å²) < 4.78 is 4.76. The lowest BCUT2D eigenvalue weighted by atomic mass is 10.2. The zero-order valence-electron chi connectivity index (χ0n) is 8.10. The Balaban J connectivity index is 2.35. The van der Waals surface area contributed by atoms with Gasteiger partial charge in [-0.15, -0.1) is 0 Å². The van der Waals surface area contributed by atoms with Gasteiger partial charge in [-0.05, 0) is 23.8 Å². The van der Waals surface area contributed by atoms with E-state index in [0.717, 1.165) is 0 Å². The molecule has 76 valence electrons. The molecule has 1 N–H and O–H groups in total. The molecule has 2 rings (SSSR count). The van der Waals surface area contributed by atoms with E-state index in [2.05, 4.69) is 4.99 Å². The Morgan fingerprint density at radius 1 is 1.47 bits per heavy atom. The van der Waals surface area contributed by atoms with Crippen molar-refractivity contribution in [1.82, 2.24) is 0 Å². The summed E-state index contributed by atoms with van der Waals surface area (Å²) in [5.41, 5.74) is 0.957. The van der Waals surface area contributed by atoms with Crippen LogP contribution in [0, 0.1) is 0 Å². The van der Waals surface area contributed by atoms with Crippen LogP contribution >= 0.6 is 0 Å². The number of ether oxygens (including phenoxy) is 1. The molecule has 0 saturated heterocycles. The van der Waals surface area contributed by atoms with Crippen LogP contribution in [-0.4, -0.2) is 17.0 Å². The maximum atomic E-state index is 11.2. The molecule has 4 nitrogen and oxygen atoms in total.